The molecule has 0 aliphatic heterocycles. The zero-order valence-electron chi connectivity index (χ0n) is 10.8. The molecule has 0 fully saturated rings. The second-order valence-electron chi connectivity index (χ2n) is 4.25. The summed E-state index contributed by atoms with van der Waals surface area (Å²) in [4.78, 5) is 11.6. The van der Waals surface area contributed by atoms with Gasteiger partial charge in [0.25, 0.3) is 0 Å². The van der Waals surface area contributed by atoms with E-state index in [0.717, 1.165) is 24.8 Å². The molecule has 0 atom stereocenters. The van der Waals surface area contributed by atoms with Crippen molar-refractivity contribution < 1.29 is 9.32 Å². The number of hydrogen-bond donors (Lipinski definition) is 1. The summed E-state index contributed by atoms with van der Waals surface area (Å²) in [7, 11) is 0. The molecule has 96 valence electrons. The van der Waals surface area contributed by atoms with Gasteiger partial charge >= 0.3 is 0 Å². The number of carbonyl (C=O) groups is 1. The Kier molecular flexibility index (Phi) is 6.37. The van der Waals surface area contributed by atoms with Gasteiger partial charge in [-0.25, -0.2) is 0 Å². The number of rotatable bonds is 8. The summed E-state index contributed by atoms with van der Waals surface area (Å²) in [5, 5.41) is 6.57. The first-order chi connectivity index (χ1) is 8.27. The summed E-state index contributed by atoms with van der Waals surface area (Å²) >= 11 is 0. The molecule has 4 heteroatoms. The van der Waals surface area contributed by atoms with E-state index >= 15 is 0 Å². The number of amides is 1. The topological polar surface area (TPSA) is 55.1 Å². The molecule has 0 saturated heterocycles. The highest BCUT2D eigenvalue weighted by molar-refractivity contribution is 5.90. The maximum atomic E-state index is 11.6. The third-order valence-electron chi connectivity index (χ3n) is 2.79. The van der Waals surface area contributed by atoms with E-state index in [2.05, 4.69) is 17.4 Å². The molecule has 0 radical (unpaired) electrons. The maximum absolute atomic E-state index is 11.6. The Morgan fingerprint density at radius 2 is 2.06 bits per heavy atom. The van der Waals surface area contributed by atoms with Gasteiger partial charge in [0.05, 0.1) is 0 Å². The number of carbonyl (C=O) groups excluding carboxylic acids is 1. The normalized spacial score (nSPS) is 10.5. The first-order valence-corrected chi connectivity index (χ1v) is 6.51. The van der Waals surface area contributed by atoms with Crippen LogP contribution in [0.2, 0.25) is 0 Å². The molecular weight excluding hydrogens is 216 g/mol. The Balaban J connectivity index is 2.21. The smallest absolute Gasteiger partial charge is 0.225 e. The van der Waals surface area contributed by atoms with Crippen LogP contribution in [0.25, 0.3) is 0 Å². The fraction of sp³-hybridized carbons (Fsp3) is 0.692. The van der Waals surface area contributed by atoms with Crippen molar-refractivity contribution in [3.63, 3.8) is 0 Å². The number of nitrogens with zero attached hydrogens (tertiary/aromatic N) is 1. The number of aryl methyl sites for hydroxylation is 1. The van der Waals surface area contributed by atoms with Crippen molar-refractivity contribution in [2.45, 2.75) is 58.8 Å². The van der Waals surface area contributed by atoms with Gasteiger partial charge in [-0.05, 0) is 12.8 Å². The lowest BCUT2D eigenvalue weighted by atomic mass is 10.1. The van der Waals surface area contributed by atoms with Gasteiger partial charge in [-0.1, -0.05) is 44.7 Å². The third kappa shape index (κ3) is 5.02. The van der Waals surface area contributed by atoms with Crippen LogP contribution in [0.5, 0.6) is 0 Å². The quantitative estimate of drug-likeness (QED) is 0.705. The van der Waals surface area contributed by atoms with Gasteiger partial charge in [-0.3, -0.25) is 4.79 Å². The maximum Gasteiger partial charge on any atom is 0.225 e. The highest BCUT2D eigenvalue weighted by Gasteiger charge is 2.09. The molecule has 0 bridgehead atoms. The van der Waals surface area contributed by atoms with E-state index in [-0.39, 0.29) is 5.91 Å². The Labute approximate surface area is 103 Å². The summed E-state index contributed by atoms with van der Waals surface area (Å²) in [6, 6.07) is 0. The number of unbranched alkanes of at least 4 members (excludes halogenated alkanes) is 4. The molecule has 1 amide bonds. The van der Waals surface area contributed by atoms with Crippen LogP contribution in [0, 0.1) is 0 Å². The minimum Gasteiger partial charge on any atom is -0.362 e. The SMILES string of the molecule is CCCCCCCC(=O)Nc1nocc1CC. The van der Waals surface area contributed by atoms with Crippen molar-refractivity contribution in [2.24, 2.45) is 0 Å². The number of hydrogen-bond acceptors (Lipinski definition) is 3. The van der Waals surface area contributed by atoms with E-state index in [4.69, 9.17) is 4.52 Å². The minimum absolute atomic E-state index is 0.0325. The molecule has 0 aliphatic rings. The van der Waals surface area contributed by atoms with E-state index in [0.29, 0.717) is 12.2 Å². The van der Waals surface area contributed by atoms with E-state index in [1.807, 2.05) is 6.92 Å². The lowest BCUT2D eigenvalue weighted by Crippen LogP contribution is -2.12. The third-order valence-corrected chi connectivity index (χ3v) is 2.79. The average Bonchev–Trinajstić information content (AvgIpc) is 2.76. The molecule has 0 saturated carbocycles. The highest BCUT2D eigenvalue weighted by atomic mass is 16.5. The van der Waals surface area contributed by atoms with Crippen LogP contribution in [-0.2, 0) is 11.2 Å². The second kappa shape index (κ2) is 7.87. The number of aromatic nitrogens is 1. The number of anilines is 1. The molecule has 1 aromatic heterocycles. The fourth-order valence-corrected chi connectivity index (χ4v) is 1.69. The zero-order chi connectivity index (χ0) is 12.5. The standard InChI is InChI=1S/C13H22N2O2/c1-3-5-6-7-8-9-12(16)14-13-11(4-2)10-17-15-13/h10H,3-9H2,1-2H3,(H,14,15,16). The van der Waals surface area contributed by atoms with Crippen molar-refractivity contribution in [3.05, 3.63) is 11.8 Å². The molecule has 0 spiro atoms. The molecule has 17 heavy (non-hydrogen) atoms. The van der Waals surface area contributed by atoms with Gasteiger partial charge in [0, 0.05) is 12.0 Å². The van der Waals surface area contributed by atoms with Crippen molar-refractivity contribution >= 4 is 11.7 Å². The Morgan fingerprint density at radius 1 is 1.29 bits per heavy atom. The average molecular weight is 238 g/mol. The molecule has 0 aromatic carbocycles. The summed E-state index contributed by atoms with van der Waals surface area (Å²) in [5.41, 5.74) is 0.948. The van der Waals surface area contributed by atoms with Gasteiger partial charge < -0.3 is 9.84 Å². The Bertz CT molecular complexity index is 334. The van der Waals surface area contributed by atoms with Crippen molar-refractivity contribution in [1.82, 2.24) is 5.16 Å². The van der Waals surface area contributed by atoms with Crippen LogP contribution in [-0.4, -0.2) is 11.1 Å². The first kappa shape index (κ1) is 13.7. The Hall–Kier alpha value is -1.32. The molecule has 4 nitrogen and oxygen atoms in total. The zero-order valence-corrected chi connectivity index (χ0v) is 10.8. The largest absolute Gasteiger partial charge is 0.362 e. The molecule has 0 unspecified atom stereocenters. The highest BCUT2D eigenvalue weighted by Crippen LogP contribution is 2.14. The van der Waals surface area contributed by atoms with Crippen LogP contribution < -0.4 is 5.32 Å². The molecule has 1 heterocycles. The van der Waals surface area contributed by atoms with E-state index in [9.17, 15) is 4.79 Å². The van der Waals surface area contributed by atoms with Crippen molar-refractivity contribution in [2.75, 3.05) is 5.32 Å². The van der Waals surface area contributed by atoms with Crippen LogP contribution in [0.15, 0.2) is 10.8 Å². The Morgan fingerprint density at radius 3 is 2.76 bits per heavy atom. The lowest BCUT2D eigenvalue weighted by molar-refractivity contribution is -0.116. The van der Waals surface area contributed by atoms with Gasteiger partial charge in [0.15, 0.2) is 5.82 Å². The van der Waals surface area contributed by atoms with E-state index in [1.54, 1.807) is 6.26 Å². The monoisotopic (exact) mass is 238 g/mol. The fourth-order valence-electron chi connectivity index (χ4n) is 1.69. The second-order valence-corrected chi connectivity index (χ2v) is 4.25. The first-order valence-electron chi connectivity index (χ1n) is 6.51. The van der Waals surface area contributed by atoms with E-state index < -0.39 is 0 Å². The summed E-state index contributed by atoms with van der Waals surface area (Å²) < 4.78 is 4.83. The van der Waals surface area contributed by atoms with Crippen LogP contribution in [0.1, 0.15) is 57.9 Å². The summed E-state index contributed by atoms with van der Waals surface area (Å²) in [6.07, 6.45) is 8.74. The van der Waals surface area contributed by atoms with Gasteiger partial charge in [0.1, 0.15) is 6.26 Å². The van der Waals surface area contributed by atoms with Crippen molar-refractivity contribution in [1.29, 1.82) is 0 Å². The predicted octanol–water partition coefficient (Wildman–Crippen LogP) is 3.54. The molecule has 1 N–H and O–H groups in total. The predicted molar refractivity (Wildman–Crippen MR) is 67.9 cm³/mol. The molecule has 1 aromatic rings. The minimum atomic E-state index is 0.0325. The van der Waals surface area contributed by atoms with Crippen molar-refractivity contribution in [3.8, 4) is 0 Å². The molecule has 0 aliphatic carbocycles. The van der Waals surface area contributed by atoms with Gasteiger partial charge in [-0.2, -0.15) is 0 Å². The number of nitrogens with one attached hydrogen (secondary N) is 1. The van der Waals surface area contributed by atoms with Crippen LogP contribution in [0.4, 0.5) is 5.82 Å². The van der Waals surface area contributed by atoms with Crippen LogP contribution in [0.3, 0.4) is 0 Å². The molecule has 1 rings (SSSR count). The van der Waals surface area contributed by atoms with Crippen LogP contribution >= 0.6 is 0 Å². The lowest BCUT2D eigenvalue weighted by Gasteiger charge is -2.03. The molecular formula is C13H22N2O2. The van der Waals surface area contributed by atoms with E-state index in [1.165, 1.54) is 19.3 Å². The summed E-state index contributed by atoms with van der Waals surface area (Å²) in [5.74, 6) is 0.608. The van der Waals surface area contributed by atoms with Gasteiger partial charge in [-0.15, -0.1) is 0 Å². The summed E-state index contributed by atoms with van der Waals surface area (Å²) in [6.45, 7) is 4.19. The van der Waals surface area contributed by atoms with Gasteiger partial charge in [0.2, 0.25) is 5.91 Å².